The molecule has 8 nitrogen and oxygen atoms in total. The molecule has 2 aliphatic heterocycles. The Morgan fingerprint density at radius 2 is 1.94 bits per heavy atom. The normalized spacial score (nSPS) is 29.5. The van der Waals surface area contributed by atoms with Crippen LogP contribution in [-0.4, -0.2) is 48.8 Å². The molecule has 162 valence electrons. The average molecular weight is 423 g/mol. The molecule has 0 amide bonds. The van der Waals surface area contributed by atoms with Crippen LogP contribution in [0.4, 0.5) is 0 Å². The number of aromatic nitrogens is 3. The summed E-state index contributed by atoms with van der Waals surface area (Å²) in [7, 11) is 0. The Balaban J connectivity index is 1.38. The zero-order valence-electron chi connectivity index (χ0n) is 17.4. The van der Waals surface area contributed by atoms with Gasteiger partial charge in [-0.05, 0) is 49.4 Å². The summed E-state index contributed by atoms with van der Waals surface area (Å²) >= 11 is 0. The Kier molecular flexibility index (Phi) is 4.25. The van der Waals surface area contributed by atoms with Crippen molar-refractivity contribution in [3.8, 4) is 0 Å². The lowest BCUT2D eigenvalue weighted by molar-refractivity contribution is -0.207. The standard InChI is InChI=1S/C23H25N3O5/c1-23(2)30-19-18(17(28)14-6-4-12-3-5-13(12)9-14)29-22(20(19)31-23)26-8-7-15-16(10-27)24-11-25-21(15)26/h4,6-9,11,17-20,22,27-28H,3,5,10H2,1-2H3/t17-,18-,19-,20-,22-/m1/s1. The zero-order valence-corrected chi connectivity index (χ0v) is 17.4. The van der Waals surface area contributed by atoms with Gasteiger partial charge in [0.25, 0.3) is 0 Å². The first kappa shape index (κ1) is 19.3. The number of aliphatic hydroxyl groups is 2. The van der Waals surface area contributed by atoms with Crippen molar-refractivity contribution in [2.75, 3.05) is 0 Å². The summed E-state index contributed by atoms with van der Waals surface area (Å²) in [6.07, 6.45) is 2.62. The highest BCUT2D eigenvalue weighted by Crippen LogP contribution is 2.47. The zero-order chi connectivity index (χ0) is 21.3. The van der Waals surface area contributed by atoms with Gasteiger partial charge in [-0.3, -0.25) is 0 Å². The smallest absolute Gasteiger partial charge is 0.164 e. The molecule has 3 aromatic rings. The van der Waals surface area contributed by atoms with E-state index in [9.17, 15) is 10.2 Å². The Bertz CT molecular complexity index is 1160. The summed E-state index contributed by atoms with van der Waals surface area (Å²) < 4.78 is 20.7. The van der Waals surface area contributed by atoms with Crippen LogP contribution in [0, 0.1) is 0 Å². The number of aryl methyl sites for hydroxylation is 2. The first-order valence-electron chi connectivity index (χ1n) is 10.7. The number of rotatable bonds is 4. The highest BCUT2D eigenvalue weighted by atomic mass is 16.8. The van der Waals surface area contributed by atoms with E-state index in [0.717, 1.165) is 23.8 Å². The van der Waals surface area contributed by atoms with Gasteiger partial charge in [0, 0.05) is 11.6 Å². The van der Waals surface area contributed by atoms with E-state index in [-0.39, 0.29) is 6.61 Å². The van der Waals surface area contributed by atoms with E-state index in [2.05, 4.69) is 22.1 Å². The Labute approximate surface area is 179 Å². The van der Waals surface area contributed by atoms with E-state index in [1.165, 1.54) is 17.5 Å². The molecule has 2 fully saturated rings. The van der Waals surface area contributed by atoms with Crippen molar-refractivity contribution in [2.45, 2.75) is 69.7 Å². The fraction of sp³-hybridized carbons (Fsp3) is 0.478. The monoisotopic (exact) mass is 423 g/mol. The van der Waals surface area contributed by atoms with Gasteiger partial charge >= 0.3 is 0 Å². The van der Waals surface area contributed by atoms with Crippen LogP contribution in [-0.2, 0) is 33.7 Å². The minimum atomic E-state index is -0.842. The topological polar surface area (TPSA) is 98.9 Å². The van der Waals surface area contributed by atoms with Gasteiger partial charge in [0.15, 0.2) is 12.0 Å². The van der Waals surface area contributed by atoms with E-state index >= 15 is 0 Å². The maximum absolute atomic E-state index is 11.3. The van der Waals surface area contributed by atoms with Crippen LogP contribution in [0.25, 0.3) is 11.0 Å². The van der Waals surface area contributed by atoms with Gasteiger partial charge in [0.2, 0.25) is 0 Å². The van der Waals surface area contributed by atoms with Gasteiger partial charge < -0.3 is 29.0 Å². The van der Waals surface area contributed by atoms with Gasteiger partial charge in [-0.25, -0.2) is 9.97 Å². The minimum Gasteiger partial charge on any atom is -0.390 e. The van der Waals surface area contributed by atoms with Crippen molar-refractivity contribution >= 4 is 11.0 Å². The number of nitrogens with zero attached hydrogens (tertiary/aromatic N) is 3. The molecule has 6 rings (SSSR count). The van der Waals surface area contributed by atoms with Crippen LogP contribution in [0.5, 0.6) is 0 Å². The molecule has 1 aliphatic carbocycles. The molecule has 2 N–H and O–H groups in total. The average Bonchev–Trinajstić information content (AvgIpc) is 3.38. The second kappa shape index (κ2) is 6.82. The summed E-state index contributed by atoms with van der Waals surface area (Å²) in [4.78, 5) is 8.55. The second-order valence-corrected chi connectivity index (χ2v) is 8.97. The quantitative estimate of drug-likeness (QED) is 0.664. The summed E-state index contributed by atoms with van der Waals surface area (Å²) in [5.41, 5.74) is 4.67. The minimum absolute atomic E-state index is 0.174. The third-order valence-corrected chi connectivity index (χ3v) is 6.63. The number of fused-ring (bicyclic) bond motifs is 3. The fourth-order valence-electron chi connectivity index (χ4n) is 5.03. The van der Waals surface area contributed by atoms with Gasteiger partial charge in [0.1, 0.15) is 36.4 Å². The molecule has 0 saturated carbocycles. The highest BCUT2D eigenvalue weighted by Gasteiger charge is 2.58. The Morgan fingerprint density at radius 1 is 1.13 bits per heavy atom. The molecule has 5 atom stereocenters. The van der Waals surface area contributed by atoms with Crippen LogP contribution in [0.2, 0.25) is 0 Å². The predicted octanol–water partition coefficient (Wildman–Crippen LogP) is 2.17. The lowest BCUT2D eigenvalue weighted by Crippen LogP contribution is -2.34. The molecule has 2 saturated heterocycles. The van der Waals surface area contributed by atoms with Crippen molar-refractivity contribution in [1.82, 2.24) is 14.5 Å². The van der Waals surface area contributed by atoms with E-state index in [0.29, 0.717) is 11.3 Å². The lowest BCUT2D eigenvalue weighted by Gasteiger charge is -2.28. The molecular formula is C23H25N3O5. The SMILES string of the molecule is CC1(C)O[C@H]2[C@@H](O1)[C@H](n1ccc3c(CO)ncnc31)O[C@@H]2[C@H](O)c1ccc2c(c1)CC2. The van der Waals surface area contributed by atoms with E-state index in [4.69, 9.17) is 14.2 Å². The van der Waals surface area contributed by atoms with Gasteiger partial charge in [-0.1, -0.05) is 18.2 Å². The van der Waals surface area contributed by atoms with E-state index < -0.39 is 36.4 Å². The third kappa shape index (κ3) is 2.94. The molecule has 0 radical (unpaired) electrons. The Hall–Kier alpha value is -2.36. The van der Waals surface area contributed by atoms with Crippen LogP contribution >= 0.6 is 0 Å². The predicted molar refractivity (Wildman–Crippen MR) is 110 cm³/mol. The number of ether oxygens (including phenoxy) is 3. The number of hydrogen-bond acceptors (Lipinski definition) is 7. The van der Waals surface area contributed by atoms with Crippen molar-refractivity contribution in [2.24, 2.45) is 0 Å². The molecule has 1 aromatic carbocycles. The van der Waals surface area contributed by atoms with Gasteiger partial charge in [0.05, 0.1) is 12.3 Å². The van der Waals surface area contributed by atoms with Crippen LogP contribution < -0.4 is 0 Å². The van der Waals surface area contributed by atoms with E-state index in [1.807, 2.05) is 36.7 Å². The van der Waals surface area contributed by atoms with Crippen molar-refractivity contribution in [3.05, 3.63) is 59.2 Å². The summed E-state index contributed by atoms with van der Waals surface area (Å²) in [6, 6.07) is 7.99. The van der Waals surface area contributed by atoms with Crippen molar-refractivity contribution in [1.29, 1.82) is 0 Å². The number of benzene rings is 1. The molecule has 2 aromatic heterocycles. The third-order valence-electron chi connectivity index (χ3n) is 6.63. The second-order valence-electron chi connectivity index (χ2n) is 8.97. The van der Waals surface area contributed by atoms with Crippen LogP contribution in [0.15, 0.2) is 36.8 Å². The van der Waals surface area contributed by atoms with Gasteiger partial charge in [-0.15, -0.1) is 0 Å². The molecular weight excluding hydrogens is 398 g/mol. The highest BCUT2D eigenvalue weighted by molar-refractivity contribution is 5.78. The van der Waals surface area contributed by atoms with E-state index in [1.54, 1.807) is 0 Å². The first-order chi connectivity index (χ1) is 14.9. The summed E-state index contributed by atoms with van der Waals surface area (Å²) in [5.74, 6) is -0.788. The molecule has 31 heavy (non-hydrogen) atoms. The van der Waals surface area contributed by atoms with Crippen LogP contribution in [0.1, 0.15) is 48.6 Å². The lowest BCUT2D eigenvalue weighted by atomic mass is 9.85. The largest absolute Gasteiger partial charge is 0.390 e. The molecule has 3 aliphatic rings. The number of hydrogen-bond donors (Lipinski definition) is 2. The maximum Gasteiger partial charge on any atom is 0.164 e. The fourth-order valence-corrected chi connectivity index (χ4v) is 5.03. The van der Waals surface area contributed by atoms with Crippen LogP contribution in [0.3, 0.4) is 0 Å². The summed E-state index contributed by atoms with van der Waals surface area (Å²) in [6.45, 7) is 3.57. The van der Waals surface area contributed by atoms with Gasteiger partial charge in [-0.2, -0.15) is 0 Å². The molecule has 0 unspecified atom stereocenters. The molecule has 0 spiro atoms. The molecule has 4 heterocycles. The summed E-state index contributed by atoms with van der Waals surface area (Å²) in [5, 5.41) is 21.6. The maximum atomic E-state index is 11.3. The molecule has 8 heteroatoms. The number of aliphatic hydroxyl groups excluding tert-OH is 2. The Morgan fingerprint density at radius 3 is 2.68 bits per heavy atom. The molecule has 0 bridgehead atoms. The first-order valence-corrected chi connectivity index (χ1v) is 10.7. The van der Waals surface area contributed by atoms with Crippen molar-refractivity contribution in [3.63, 3.8) is 0 Å². The van der Waals surface area contributed by atoms with Crippen molar-refractivity contribution < 1.29 is 24.4 Å².